The summed E-state index contributed by atoms with van der Waals surface area (Å²) < 4.78 is 0. The molecule has 1 aromatic carbocycles. The normalized spacial score (nSPS) is 9.89. The number of carbonyl (C=O) groups is 2. The molecule has 3 N–H and O–H groups in total. The van der Waals surface area contributed by atoms with Crippen LogP contribution in [0.4, 0.5) is 5.69 Å². The van der Waals surface area contributed by atoms with E-state index in [1.54, 1.807) is 7.05 Å². The Morgan fingerprint density at radius 2 is 2.00 bits per heavy atom. The van der Waals surface area contributed by atoms with Gasteiger partial charge in [-0.15, -0.1) is 0 Å². The van der Waals surface area contributed by atoms with Crippen LogP contribution in [0.2, 0.25) is 0 Å². The van der Waals surface area contributed by atoms with Crippen LogP contribution in [-0.2, 0) is 9.59 Å². The van der Waals surface area contributed by atoms with Crippen molar-refractivity contribution >= 4 is 17.5 Å². The van der Waals surface area contributed by atoms with Crippen LogP contribution in [0.3, 0.4) is 0 Å². The smallest absolute Gasteiger partial charge is 0.238 e. The highest BCUT2D eigenvalue weighted by Crippen LogP contribution is 2.08. The molecule has 0 aromatic heterocycles. The second kappa shape index (κ2) is 7.45. The molecule has 5 nitrogen and oxygen atoms in total. The van der Waals surface area contributed by atoms with E-state index in [0.29, 0.717) is 13.0 Å². The van der Waals surface area contributed by atoms with Crippen molar-refractivity contribution in [2.24, 2.45) is 0 Å². The van der Waals surface area contributed by atoms with Gasteiger partial charge in [0.15, 0.2) is 0 Å². The van der Waals surface area contributed by atoms with Crippen molar-refractivity contribution in [2.75, 3.05) is 25.5 Å². The Kier molecular flexibility index (Phi) is 5.87. The molecule has 1 aromatic rings. The molecule has 0 aliphatic heterocycles. The van der Waals surface area contributed by atoms with Gasteiger partial charge in [0.2, 0.25) is 11.8 Å². The van der Waals surface area contributed by atoms with Gasteiger partial charge in [-0.05, 0) is 24.6 Å². The zero-order chi connectivity index (χ0) is 13.4. The Labute approximate surface area is 107 Å². The van der Waals surface area contributed by atoms with Crippen molar-refractivity contribution in [3.63, 3.8) is 0 Å². The lowest BCUT2D eigenvalue weighted by Crippen LogP contribution is -2.31. The maximum Gasteiger partial charge on any atom is 0.238 e. The molecule has 0 aliphatic carbocycles. The van der Waals surface area contributed by atoms with Gasteiger partial charge in [-0.3, -0.25) is 9.59 Å². The predicted molar refractivity (Wildman–Crippen MR) is 71.4 cm³/mol. The van der Waals surface area contributed by atoms with Gasteiger partial charge in [0.25, 0.3) is 0 Å². The minimum atomic E-state index is -0.113. The second-order valence-electron chi connectivity index (χ2n) is 4.02. The summed E-state index contributed by atoms with van der Waals surface area (Å²) in [5, 5.41) is 8.21. The molecule has 0 aliphatic rings. The van der Waals surface area contributed by atoms with Gasteiger partial charge in [-0.2, -0.15) is 0 Å². The van der Waals surface area contributed by atoms with E-state index in [1.807, 2.05) is 31.2 Å². The quantitative estimate of drug-likeness (QED) is 0.649. The summed E-state index contributed by atoms with van der Waals surface area (Å²) >= 11 is 0. The minimum absolute atomic E-state index is 0.0402. The summed E-state index contributed by atoms with van der Waals surface area (Å²) in [6, 6.07) is 7.61. The van der Waals surface area contributed by atoms with Crippen molar-refractivity contribution in [1.29, 1.82) is 0 Å². The van der Waals surface area contributed by atoms with Gasteiger partial charge in [0, 0.05) is 25.7 Å². The van der Waals surface area contributed by atoms with Crippen LogP contribution in [0.15, 0.2) is 24.3 Å². The molecule has 1 rings (SSSR count). The lowest BCUT2D eigenvalue weighted by molar-refractivity contribution is -0.121. The summed E-state index contributed by atoms with van der Waals surface area (Å²) in [4.78, 5) is 22.5. The molecular formula is C13H19N3O2. The first kappa shape index (κ1) is 14.2. The molecule has 98 valence electrons. The summed E-state index contributed by atoms with van der Waals surface area (Å²) in [5.74, 6) is -0.154. The molecule has 0 fully saturated rings. The Morgan fingerprint density at radius 3 is 2.67 bits per heavy atom. The first-order chi connectivity index (χ1) is 8.61. The number of carbonyl (C=O) groups excluding carboxylic acids is 2. The van der Waals surface area contributed by atoms with Gasteiger partial charge in [0.1, 0.15) is 0 Å². The number of hydrogen-bond donors (Lipinski definition) is 3. The molecular weight excluding hydrogens is 230 g/mol. The molecule has 0 saturated heterocycles. The number of nitrogens with one attached hydrogen (secondary N) is 3. The summed E-state index contributed by atoms with van der Waals surface area (Å²) in [7, 11) is 1.59. The van der Waals surface area contributed by atoms with E-state index in [9.17, 15) is 9.59 Å². The van der Waals surface area contributed by atoms with E-state index in [2.05, 4.69) is 16.0 Å². The molecule has 0 unspecified atom stereocenters. The largest absolute Gasteiger partial charge is 0.359 e. The number of anilines is 1. The topological polar surface area (TPSA) is 70.2 Å². The Balaban J connectivity index is 2.24. The number of hydrogen-bond acceptors (Lipinski definition) is 3. The van der Waals surface area contributed by atoms with Gasteiger partial charge in [0.05, 0.1) is 6.54 Å². The van der Waals surface area contributed by atoms with E-state index in [4.69, 9.17) is 0 Å². The molecule has 0 saturated carbocycles. The van der Waals surface area contributed by atoms with E-state index in [0.717, 1.165) is 11.3 Å². The maximum absolute atomic E-state index is 11.6. The third-order valence-corrected chi connectivity index (χ3v) is 2.40. The zero-order valence-electron chi connectivity index (χ0n) is 10.7. The highest BCUT2D eigenvalue weighted by molar-refractivity contribution is 5.92. The van der Waals surface area contributed by atoms with Crippen molar-refractivity contribution in [3.8, 4) is 0 Å². The fourth-order valence-electron chi connectivity index (χ4n) is 1.46. The molecule has 5 heteroatoms. The number of rotatable bonds is 6. The van der Waals surface area contributed by atoms with Crippen LogP contribution in [0, 0.1) is 6.92 Å². The first-order valence-corrected chi connectivity index (χ1v) is 5.89. The molecule has 2 amide bonds. The number of aryl methyl sites for hydroxylation is 1. The molecule has 0 atom stereocenters. The molecule has 0 radical (unpaired) electrons. The van der Waals surface area contributed by atoms with E-state index < -0.39 is 0 Å². The average molecular weight is 249 g/mol. The number of amides is 2. The molecule has 0 spiro atoms. The molecule has 0 bridgehead atoms. The SMILES string of the molecule is CNC(=O)CCNCC(=O)Nc1cccc(C)c1. The average Bonchev–Trinajstić information content (AvgIpc) is 2.34. The van der Waals surface area contributed by atoms with Crippen molar-refractivity contribution in [2.45, 2.75) is 13.3 Å². The Morgan fingerprint density at radius 1 is 1.22 bits per heavy atom. The van der Waals surface area contributed by atoms with Crippen LogP contribution >= 0.6 is 0 Å². The van der Waals surface area contributed by atoms with Crippen LogP contribution in [0.1, 0.15) is 12.0 Å². The van der Waals surface area contributed by atoms with Crippen LogP contribution in [0.5, 0.6) is 0 Å². The Bertz CT molecular complexity index is 418. The van der Waals surface area contributed by atoms with Gasteiger partial charge < -0.3 is 16.0 Å². The van der Waals surface area contributed by atoms with Crippen molar-refractivity contribution < 1.29 is 9.59 Å². The summed E-state index contributed by atoms with van der Waals surface area (Å²) in [6.45, 7) is 2.66. The van der Waals surface area contributed by atoms with Crippen molar-refractivity contribution in [1.82, 2.24) is 10.6 Å². The lowest BCUT2D eigenvalue weighted by atomic mass is 10.2. The van der Waals surface area contributed by atoms with E-state index >= 15 is 0 Å². The number of benzene rings is 1. The van der Waals surface area contributed by atoms with Crippen LogP contribution < -0.4 is 16.0 Å². The van der Waals surface area contributed by atoms with Gasteiger partial charge in [-0.25, -0.2) is 0 Å². The van der Waals surface area contributed by atoms with Crippen LogP contribution in [0.25, 0.3) is 0 Å². The summed E-state index contributed by atoms with van der Waals surface area (Å²) in [5.41, 5.74) is 1.88. The molecule has 18 heavy (non-hydrogen) atoms. The first-order valence-electron chi connectivity index (χ1n) is 5.89. The minimum Gasteiger partial charge on any atom is -0.359 e. The highest BCUT2D eigenvalue weighted by Gasteiger charge is 2.02. The maximum atomic E-state index is 11.6. The zero-order valence-corrected chi connectivity index (χ0v) is 10.7. The third-order valence-electron chi connectivity index (χ3n) is 2.40. The highest BCUT2D eigenvalue weighted by atomic mass is 16.2. The van der Waals surface area contributed by atoms with E-state index in [1.165, 1.54) is 0 Å². The monoisotopic (exact) mass is 249 g/mol. The fourth-order valence-corrected chi connectivity index (χ4v) is 1.46. The van der Waals surface area contributed by atoms with Crippen molar-refractivity contribution in [3.05, 3.63) is 29.8 Å². The van der Waals surface area contributed by atoms with Gasteiger partial charge >= 0.3 is 0 Å². The lowest BCUT2D eigenvalue weighted by Gasteiger charge is -2.07. The predicted octanol–water partition coefficient (Wildman–Crippen LogP) is 0.659. The standard InChI is InChI=1S/C13H19N3O2/c1-10-4-3-5-11(8-10)16-13(18)9-15-7-6-12(17)14-2/h3-5,8,15H,6-7,9H2,1-2H3,(H,14,17)(H,16,18). The van der Waals surface area contributed by atoms with E-state index in [-0.39, 0.29) is 18.4 Å². The van der Waals surface area contributed by atoms with Gasteiger partial charge in [-0.1, -0.05) is 12.1 Å². The molecule has 0 heterocycles. The summed E-state index contributed by atoms with van der Waals surface area (Å²) in [6.07, 6.45) is 0.369. The Hall–Kier alpha value is -1.88. The third kappa shape index (κ3) is 5.45. The van der Waals surface area contributed by atoms with Crippen LogP contribution in [-0.4, -0.2) is 32.0 Å². The second-order valence-corrected chi connectivity index (χ2v) is 4.02. The fraction of sp³-hybridized carbons (Fsp3) is 0.385.